The molecule has 1 aliphatic heterocycles. The van der Waals surface area contributed by atoms with E-state index in [1.165, 1.54) is 18.2 Å². The Morgan fingerprint density at radius 1 is 1.36 bits per heavy atom. The molecule has 1 atom stereocenters. The monoisotopic (exact) mass is 315 g/mol. The molecule has 1 aliphatic rings. The first kappa shape index (κ1) is 14.5. The highest BCUT2D eigenvalue weighted by molar-refractivity contribution is 7.99. The van der Waals surface area contributed by atoms with Crippen LogP contribution < -0.4 is 0 Å². The zero-order chi connectivity index (χ0) is 15.5. The number of carbonyl (C=O) groups excluding carboxylic acids is 1. The molecule has 1 amide bonds. The molecular formula is C15H13N3O3S. The van der Waals surface area contributed by atoms with E-state index in [2.05, 4.69) is 4.98 Å². The number of thioether (sulfide) groups is 1. The Hall–Kier alpha value is -2.41. The molecule has 112 valence electrons. The SMILES string of the molecule is O=C(c1cccc([N+](=O)[O-])c1)N1CCSC1c1cccnc1. The number of pyridine rings is 1. The lowest BCUT2D eigenvalue weighted by Crippen LogP contribution is -2.30. The topological polar surface area (TPSA) is 76.3 Å². The van der Waals surface area contributed by atoms with Crippen molar-refractivity contribution in [3.8, 4) is 0 Å². The number of nitrogens with zero attached hydrogens (tertiary/aromatic N) is 3. The van der Waals surface area contributed by atoms with Crippen LogP contribution in [-0.4, -0.2) is 33.0 Å². The second-order valence-electron chi connectivity index (χ2n) is 4.82. The lowest BCUT2D eigenvalue weighted by atomic mass is 10.1. The van der Waals surface area contributed by atoms with Gasteiger partial charge in [0, 0.05) is 48.0 Å². The van der Waals surface area contributed by atoms with Gasteiger partial charge in [0.1, 0.15) is 5.37 Å². The standard InChI is InChI=1S/C15H13N3O3S/c19-14(11-3-1-5-13(9-11)18(20)21)17-7-8-22-15(17)12-4-2-6-16-10-12/h1-6,9-10,15H,7-8H2. The van der Waals surface area contributed by atoms with Gasteiger partial charge in [0.25, 0.3) is 11.6 Å². The molecule has 2 heterocycles. The van der Waals surface area contributed by atoms with Crippen LogP contribution in [-0.2, 0) is 0 Å². The second-order valence-corrected chi connectivity index (χ2v) is 6.00. The zero-order valence-corrected chi connectivity index (χ0v) is 12.4. The van der Waals surface area contributed by atoms with Crippen molar-refractivity contribution in [2.45, 2.75) is 5.37 Å². The Morgan fingerprint density at radius 3 is 2.95 bits per heavy atom. The molecule has 1 aromatic carbocycles. The van der Waals surface area contributed by atoms with E-state index in [1.807, 2.05) is 12.1 Å². The van der Waals surface area contributed by atoms with Crippen molar-refractivity contribution in [3.05, 3.63) is 70.0 Å². The highest BCUT2D eigenvalue weighted by Crippen LogP contribution is 2.38. The summed E-state index contributed by atoms with van der Waals surface area (Å²) in [6, 6.07) is 9.62. The average Bonchev–Trinajstić information content (AvgIpc) is 3.04. The molecule has 3 rings (SSSR count). The highest BCUT2D eigenvalue weighted by atomic mass is 32.2. The third-order valence-electron chi connectivity index (χ3n) is 3.43. The van der Waals surface area contributed by atoms with Gasteiger partial charge in [0.15, 0.2) is 0 Å². The molecule has 1 aromatic heterocycles. The summed E-state index contributed by atoms with van der Waals surface area (Å²) in [5, 5.41) is 10.8. The van der Waals surface area contributed by atoms with Gasteiger partial charge in [-0.25, -0.2) is 0 Å². The number of non-ortho nitro benzene ring substituents is 1. The number of benzene rings is 1. The van der Waals surface area contributed by atoms with Crippen LogP contribution in [0.2, 0.25) is 0 Å². The molecule has 1 unspecified atom stereocenters. The number of amides is 1. The van der Waals surface area contributed by atoms with Crippen LogP contribution in [0.25, 0.3) is 0 Å². The van der Waals surface area contributed by atoms with Crippen molar-refractivity contribution in [2.24, 2.45) is 0 Å². The highest BCUT2D eigenvalue weighted by Gasteiger charge is 2.31. The molecule has 0 bridgehead atoms. The Labute approximate surface area is 131 Å². The van der Waals surface area contributed by atoms with E-state index in [9.17, 15) is 14.9 Å². The van der Waals surface area contributed by atoms with Gasteiger partial charge >= 0.3 is 0 Å². The van der Waals surface area contributed by atoms with Crippen molar-refractivity contribution in [3.63, 3.8) is 0 Å². The molecule has 22 heavy (non-hydrogen) atoms. The van der Waals surface area contributed by atoms with Crippen molar-refractivity contribution in [1.29, 1.82) is 0 Å². The summed E-state index contributed by atoms with van der Waals surface area (Å²) in [7, 11) is 0. The summed E-state index contributed by atoms with van der Waals surface area (Å²) < 4.78 is 0. The predicted octanol–water partition coefficient (Wildman–Crippen LogP) is 2.88. The fraction of sp³-hybridized carbons (Fsp3) is 0.200. The van der Waals surface area contributed by atoms with Crippen molar-refractivity contribution >= 4 is 23.4 Å². The number of hydrogen-bond acceptors (Lipinski definition) is 5. The molecule has 0 radical (unpaired) electrons. The lowest BCUT2D eigenvalue weighted by molar-refractivity contribution is -0.384. The predicted molar refractivity (Wildman–Crippen MR) is 83.6 cm³/mol. The van der Waals surface area contributed by atoms with Gasteiger partial charge in [0.2, 0.25) is 0 Å². The van der Waals surface area contributed by atoms with Gasteiger partial charge in [-0.05, 0) is 12.1 Å². The maximum absolute atomic E-state index is 12.7. The average molecular weight is 315 g/mol. The summed E-state index contributed by atoms with van der Waals surface area (Å²) in [6.45, 7) is 0.617. The minimum atomic E-state index is -0.492. The lowest BCUT2D eigenvalue weighted by Gasteiger charge is -2.23. The molecule has 0 spiro atoms. The maximum Gasteiger partial charge on any atom is 0.270 e. The van der Waals surface area contributed by atoms with Crippen LogP contribution in [0.15, 0.2) is 48.8 Å². The van der Waals surface area contributed by atoms with E-state index < -0.39 is 4.92 Å². The summed E-state index contributed by atoms with van der Waals surface area (Å²) in [5.41, 5.74) is 1.23. The molecule has 2 aromatic rings. The number of aromatic nitrogens is 1. The number of nitro benzene ring substituents is 1. The molecule has 7 heteroatoms. The van der Waals surface area contributed by atoms with Crippen LogP contribution in [0.3, 0.4) is 0 Å². The van der Waals surface area contributed by atoms with Gasteiger partial charge in [0.05, 0.1) is 4.92 Å². The van der Waals surface area contributed by atoms with Gasteiger partial charge in [-0.15, -0.1) is 11.8 Å². The van der Waals surface area contributed by atoms with Gasteiger partial charge in [-0.3, -0.25) is 19.9 Å². The van der Waals surface area contributed by atoms with E-state index in [-0.39, 0.29) is 17.0 Å². The van der Waals surface area contributed by atoms with E-state index in [0.29, 0.717) is 12.1 Å². The zero-order valence-electron chi connectivity index (χ0n) is 11.6. The Kier molecular flexibility index (Phi) is 4.06. The maximum atomic E-state index is 12.7. The van der Waals surface area contributed by atoms with Crippen LogP contribution in [0.1, 0.15) is 21.3 Å². The minimum Gasteiger partial charge on any atom is -0.322 e. The van der Waals surface area contributed by atoms with Crippen molar-refractivity contribution < 1.29 is 9.72 Å². The second kappa shape index (κ2) is 6.15. The summed E-state index contributed by atoms with van der Waals surface area (Å²) in [5.74, 6) is 0.641. The molecule has 0 N–H and O–H groups in total. The fourth-order valence-corrected chi connectivity index (χ4v) is 3.63. The molecule has 0 saturated carbocycles. The van der Waals surface area contributed by atoms with Gasteiger partial charge in [-0.1, -0.05) is 12.1 Å². The first-order valence-electron chi connectivity index (χ1n) is 6.74. The summed E-state index contributed by atoms with van der Waals surface area (Å²) in [6.07, 6.45) is 3.44. The third kappa shape index (κ3) is 2.80. The largest absolute Gasteiger partial charge is 0.322 e. The first-order chi connectivity index (χ1) is 10.7. The Bertz CT molecular complexity index is 708. The molecule has 0 aliphatic carbocycles. The van der Waals surface area contributed by atoms with Crippen LogP contribution in [0.5, 0.6) is 0 Å². The van der Waals surface area contributed by atoms with Gasteiger partial charge in [-0.2, -0.15) is 0 Å². The quantitative estimate of drug-likeness (QED) is 0.643. The normalized spacial score (nSPS) is 17.5. The Morgan fingerprint density at radius 2 is 2.23 bits per heavy atom. The molecule has 1 saturated heterocycles. The van der Waals surface area contributed by atoms with E-state index in [1.54, 1.807) is 35.1 Å². The van der Waals surface area contributed by atoms with Crippen LogP contribution >= 0.6 is 11.8 Å². The number of hydrogen-bond donors (Lipinski definition) is 0. The molecule has 6 nitrogen and oxygen atoms in total. The summed E-state index contributed by atoms with van der Waals surface area (Å²) >= 11 is 1.67. The van der Waals surface area contributed by atoms with Gasteiger partial charge < -0.3 is 4.90 Å². The minimum absolute atomic E-state index is 0.0735. The van der Waals surface area contributed by atoms with E-state index in [0.717, 1.165) is 11.3 Å². The van der Waals surface area contributed by atoms with Crippen molar-refractivity contribution in [2.75, 3.05) is 12.3 Å². The number of nitro groups is 1. The van der Waals surface area contributed by atoms with Crippen molar-refractivity contribution in [1.82, 2.24) is 9.88 Å². The first-order valence-corrected chi connectivity index (χ1v) is 7.78. The van der Waals surface area contributed by atoms with Crippen LogP contribution in [0.4, 0.5) is 5.69 Å². The smallest absolute Gasteiger partial charge is 0.270 e. The molecule has 1 fully saturated rings. The van der Waals surface area contributed by atoms with E-state index in [4.69, 9.17) is 0 Å². The third-order valence-corrected chi connectivity index (χ3v) is 4.69. The van der Waals surface area contributed by atoms with E-state index >= 15 is 0 Å². The Balaban J connectivity index is 1.88. The number of rotatable bonds is 3. The number of carbonyl (C=O) groups is 1. The fourth-order valence-electron chi connectivity index (χ4n) is 2.39. The molecular weight excluding hydrogens is 302 g/mol. The summed E-state index contributed by atoms with van der Waals surface area (Å²) in [4.78, 5) is 28.9. The van der Waals surface area contributed by atoms with Crippen LogP contribution in [0, 0.1) is 10.1 Å².